The SMILES string of the molecule is O=C(Cc1c(Cl)cccc1Cl)NCCC1CCNC1. The zero-order chi connectivity index (χ0) is 13.7. The summed E-state index contributed by atoms with van der Waals surface area (Å²) < 4.78 is 0. The van der Waals surface area contributed by atoms with Crippen molar-refractivity contribution in [2.24, 2.45) is 5.92 Å². The van der Waals surface area contributed by atoms with Gasteiger partial charge in [-0.1, -0.05) is 29.3 Å². The molecule has 1 aliphatic heterocycles. The van der Waals surface area contributed by atoms with Crippen LogP contribution in [-0.4, -0.2) is 25.5 Å². The van der Waals surface area contributed by atoms with Crippen LogP contribution in [0.4, 0.5) is 0 Å². The molecule has 0 radical (unpaired) electrons. The average molecular weight is 301 g/mol. The van der Waals surface area contributed by atoms with Crippen molar-refractivity contribution in [2.45, 2.75) is 19.3 Å². The highest BCUT2D eigenvalue weighted by molar-refractivity contribution is 6.36. The number of rotatable bonds is 5. The lowest BCUT2D eigenvalue weighted by molar-refractivity contribution is -0.120. The number of carbonyl (C=O) groups excluding carboxylic acids is 1. The number of hydrogen-bond acceptors (Lipinski definition) is 2. The van der Waals surface area contributed by atoms with E-state index in [9.17, 15) is 4.79 Å². The highest BCUT2D eigenvalue weighted by Gasteiger charge is 2.15. The van der Waals surface area contributed by atoms with Gasteiger partial charge in [0.05, 0.1) is 6.42 Å². The maximum Gasteiger partial charge on any atom is 0.224 e. The minimum Gasteiger partial charge on any atom is -0.356 e. The van der Waals surface area contributed by atoms with Gasteiger partial charge in [-0.25, -0.2) is 0 Å². The van der Waals surface area contributed by atoms with Gasteiger partial charge >= 0.3 is 0 Å². The molecule has 1 fully saturated rings. The molecule has 19 heavy (non-hydrogen) atoms. The van der Waals surface area contributed by atoms with E-state index in [1.54, 1.807) is 18.2 Å². The van der Waals surface area contributed by atoms with Crippen LogP contribution in [0.15, 0.2) is 18.2 Å². The lowest BCUT2D eigenvalue weighted by atomic mass is 10.1. The Morgan fingerprint density at radius 2 is 2.11 bits per heavy atom. The molecule has 3 nitrogen and oxygen atoms in total. The Morgan fingerprint density at radius 1 is 1.37 bits per heavy atom. The van der Waals surface area contributed by atoms with Crippen molar-refractivity contribution in [3.63, 3.8) is 0 Å². The molecule has 0 aliphatic carbocycles. The van der Waals surface area contributed by atoms with Crippen LogP contribution in [0, 0.1) is 5.92 Å². The number of nitrogens with one attached hydrogen (secondary N) is 2. The molecule has 0 bridgehead atoms. The Morgan fingerprint density at radius 3 is 2.74 bits per heavy atom. The van der Waals surface area contributed by atoms with E-state index in [1.807, 2.05) is 0 Å². The van der Waals surface area contributed by atoms with E-state index in [-0.39, 0.29) is 12.3 Å². The molecule has 1 atom stereocenters. The maximum atomic E-state index is 11.8. The van der Waals surface area contributed by atoms with Gasteiger partial charge in [0.25, 0.3) is 0 Å². The van der Waals surface area contributed by atoms with Crippen LogP contribution < -0.4 is 10.6 Å². The smallest absolute Gasteiger partial charge is 0.224 e. The zero-order valence-corrected chi connectivity index (χ0v) is 12.2. The predicted molar refractivity (Wildman–Crippen MR) is 78.8 cm³/mol. The summed E-state index contributed by atoms with van der Waals surface area (Å²) in [6, 6.07) is 5.28. The summed E-state index contributed by atoms with van der Waals surface area (Å²) >= 11 is 12.1. The van der Waals surface area contributed by atoms with Crippen LogP contribution in [0.3, 0.4) is 0 Å². The molecule has 1 saturated heterocycles. The Labute approximate surface area is 123 Å². The van der Waals surface area contributed by atoms with E-state index in [1.165, 1.54) is 6.42 Å². The quantitative estimate of drug-likeness (QED) is 0.878. The van der Waals surface area contributed by atoms with Crippen LogP contribution in [-0.2, 0) is 11.2 Å². The van der Waals surface area contributed by atoms with Crippen molar-refractivity contribution in [3.8, 4) is 0 Å². The molecule has 2 N–H and O–H groups in total. The average Bonchev–Trinajstić information content (AvgIpc) is 2.87. The fourth-order valence-electron chi connectivity index (χ4n) is 2.30. The van der Waals surface area contributed by atoms with Crippen molar-refractivity contribution >= 4 is 29.1 Å². The van der Waals surface area contributed by atoms with Crippen LogP contribution in [0.2, 0.25) is 10.0 Å². The number of amides is 1. The molecular formula is C14H18Cl2N2O. The Kier molecular flexibility index (Phi) is 5.49. The van der Waals surface area contributed by atoms with Gasteiger partial charge in [0.2, 0.25) is 5.91 Å². The molecule has 104 valence electrons. The fraction of sp³-hybridized carbons (Fsp3) is 0.500. The van der Waals surface area contributed by atoms with Crippen LogP contribution in [0.5, 0.6) is 0 Å². The summed E-state index contributed by atoms with van der Waals surface area (Å²) in [5.74, 6) is 0.658. The topological polar surface area (TPSA) is 41.1 Å². The first-order chi connectivity index (χ1) is 9.16. The normalized spacial score (nSPS) is 18.5. The highest BCUT2D eigenvalue weighted by Crippen LogP contribution is 2.24. The molecule has 2 rings (SSSR count). The first-order valence-corrected chi connectivity index (χ1v) is 7.32. The molecule has 0 spiro atoms. The second-order valence-corrected chi connectivity index (χ2v) is 5.69. The molecule has 5 heteroatoms. The van der Waals surface area contributed by atoms with Gasteiger partial charge < -0.3 is 10.6 Å². The van der Waals surface area contributed by atoms with Gasteiger partial charge in [-0.2, -0.15) is 0 Å². The second kappa shape index (κ2) is 7.13. The van der Waals surface area contributed by atoms with E-state index < -0.39 is 0 Å². The summed E-state index contributed by atoms with van der Waals surface area (Å²) in [6.45, 7) is 2.87. The second-order valence-electron chi connectivity index (χ2n) is 4.87. The van der Waals surface area contributed by atoms with E-state index in [0.29, 0.717) is 28.1 Å². The first kappa shape index (κ1) is 14.6. The Hall–Kier alpha value is -0.770. The first-order valence-electron chi connectivity index (χ1n) is 6.57. The number of hydrogen-bond donors (Lipinski definition) is 2. The van der Waals surface area contributed by atoms with Gasteiger partial charge in [0.15, 0.2) is 0 Å². The third kappa shape index (κ3) is 4.37. The molecule has 1 aromatic rings. The summed E-state index contributed by atoms with van der Waals surface area (Å²) in [7, 11) is 0. The standard InChI is InChI=1S/C14H18Cl2N2O/c15-12-2-1-3-13(16)11(12)8-14(19)18-7-5-10-4-6-17-9-10/h1-3,10,17H,4-9H2,(H,18,19). The maximum absolute atomic E-state index is 11.8. The largest absolute Gasteiger partial charge is 0.356 e. The molecule has 1 aromatic carbocycles. The van der Waals surface area contributed by atoms with Crippen molar-refractivity contribution in [3.05, 3.63) is 33.8 Å². The molecule has 0 saturated carbocycles. The van der Waals surface area contributed by atoms with Gasteiger partial charge in [-0.3, -0.25) is 4.79 Å². The van der Waals surface area contributed by atoms with E-state index in [4.69, 9.17) is 23.2 Å². The summed E-state index contributed by atoms with van der Waals surface area (Å²) in [5, 5.41) is 7.33. The Bertz CT molecular complexity index is 425. The van der Waals surface area contributed by atoms with Gasteiger partial charge in [0.1, 0.15) is 0 Å². The van der Waals surface area contributed by atoms with Crippen LogP contribution in [0.1, 0.15) is 18.4 Å². The van der Waals surface area contributed by atoms with Gasteiger partial charge in [-0.15, -0.1) is 0 Å². The minimum absolute atomic E-state index is 0.0269. The number of benzene rings is 1. The predicted octanol–water partition coefficient (Wildman–Crippen LogP) is 2.65. The van der Waals surface area contributed by atoms with Crippen LogP contribution >= 0.6 is 23.2 Å². The van der Waals surface area contributed by atoms with E-state index in [2.05, 4.69) is 10.6 Å². The van der Waals surface area contributed by atoms with E-state index >= 15 is 0 Å². The highest BCUT2D eigenvalue weighted by atomic mass is 35.5. The van der Waals surface area contributed by atoms with Gasteiger partial charge in [0, 0.05) is 16.6 Å². The van der Waals surface area contributed by atoms with Crippen molar-refractivity contribution in [1.82, 2.24) is 10.6 Å². The summed E-state index contributed by atoms with van der Waals surface area (Å²) in [6.07, 6.45) is 2.46. The summed E-state index contributed by atoms with van der Waals surface area (Å²) in [5.41, 5.74) is 0.700. The van der Waals surface area contributed by atoms with Crippen LogP contribution in [0.25, 0.3) is 0 Å². The van der Waals surface area contributed by atoms with Crippen molar-refractivity contribution < 1.29 is 4.79 Å². The third-order valence-corrected chi connectivity index (χ3v) is 4.14. The number of carbonyl (C=O) groups is 1. The van der Waals surface area contributed by atoms with E-state index in [0.717, 1.165) is 19.5 Å². The number of halogens is 2. The fourth-order valence-corrected chi connectivity index (χ4v) is 2.83. The third-order valence-electron chi connectivity index (χ3n) is 3.44. The molecule has 1 aliphatic rings. The van der Waals surface area contributed by atoms with Crippen molar-refractivity contribution in [1.29, 1.82) is 0 Å². The van der Waals surface area contributed by atoms with Gasteiger partial charge in [-0.05, 0) is 49.5 Å². The lowest BCUT2D eigenvalue weighted by Gasteiger charge is -2.10. The van der Waals surface area contributed by atoms with Crippen molar-refractivity contribution in [2.75, 3.05) is 19.6 Å². The monoisotopic (exact) mass is 300 g/mol. The zero-order valence-electron chi connectivity index (χ0n) is 10.7. The molecule has 1 amide bonds. The molecule has 0 aromatic heterocycles. The molecular weight excluding hydrogens is 283 g/mol. The molecule has 1 unspecified atom stereocenters. The lowest BCUT2D eigenvalue weighted by Crippen LogP contribution is -2.28. The molecule has 1 heterocycles. The Balaban J connectivity index is 1.77. The summed E-state index contributed by atoms with van der Waals surface area (Å²) in [4.78, 5) is 11.8. The minimum atomic E-state index is -0.0269.